The van der Waals surface area contributed by atoms with E-state index in [0.717, 1.165) is 7.11 Å². The van der Waals surface area contributed by atoms with Crippen LogP contribution in [0.5, 0.6) is 0 Å². The number of amides is 2. The van der Waals surface area contributed by atoms with E-state index in [-0.39, 0.29) is 0 Å². The zero-order valence-corrected chi connectivity index (χ0v) is 11.0. The molecule has 0 aromatic heterocycles. The van der Waals surface area contributed by atoms with E-state index in [2.05, 4.69) is 4.18 Å². The Kier molecular flexibility index (Phi) is 5.06. The van der Waals surface area contributed by atoms with Crippen molar-refractivity contribution in [2.75, 3.05) is 18.3 Å². The summed E-state index contributed by atoms with van der Waals surface area (Å²) in [4.78, 5) is 11.2. The monoisotopic (exact) mass is 334 g/mol. The van der Waals surface area contributed by atoms with Gasteiger partial charge in [0.2, 0.25) is 5.82 Å². The van der Waals surface area contributed by atoms with Gasteiger partial charge in [-0.05, 0) is 0 Å². The van der Waals surface area contributed by atoms with E-state index in [9.17, 15) is 35.2 Å². The molecule has 0 fully saturated rings. The molecule has 0 radical (unpaired) electrons. The smallest absolute Gasteiger partial charge is 0.320 e. The van der Waals surface area contributed by atoms with Gasteiger partial charge in [0, 0.05) is 0 Å². The van der Waals surface area contributed by atoms with Gasteiger partial charge in [-0.2, -0.15) is 8.42 Å². The van der Waals surface area contributed by atoms with Crippen molar-refractivity contribution >= 4 is 21.8 Å². The number of carbonyl (C=O) groups is 1. The lowest BCUT2D eigenvalue weighted by atomic mass is 10.2. The largest absolute Gasteiger partial charge is 0.321 e. The minimum Gasteiger partial charge on any atom is -0.321 e. The molecule has 0 spiro atoms. The fourth-order valence-electron chi connectivity index (χ4n) is 1.09. The average Bonchev–Trinajstić information content (AvgIpc) is 2.45. The van der Waals surface area contributed by atoms with Gasteiger partial charge in [-0.15, -0.1) is 0 Å². The van der Waals surface area contributed by atoms with Gasteiger partial charge in [0.15, 0.2) is 23.3 Å². The van der Waals surface area contributed by atoms with Crippen molar-refractivity contribution in [3.8, 4) is 0 Å². The molecule has 6 nitrogen and oxygen atoms in total. The van der Waals surface area contributed by atoms with Crippen LogP contribution in [-0.2, 0) is 14.3 Å². The van der Waals surface area contributed by atoms with Crippen LogP contribution in [0, 0.1) is 29.1 Å². The summed E-state index contributed by atoms with van der Waals surface area (Å²) < 4.78 is 90.5. The van der Waals surface area contributed by atoms with Crippen LogP contribution in [0.4, 0.5) is 32.4 Å². The molecular formula is C9H7F5N2O4S. The molecule has 1 aromatic rings. The highest BCUT2D eigenvalue weighted by atomic mass is 32.2. The fourth-order valence-corrected chi connectivity index (χ4v) is 1.51. The van der Waals surface area contributed by atoms with Gasteiger partial charge in [0.05, 0.1) is 7.11 Å². The van der Waals surface area contributed by atoms with Gasteiger partial charge >= 0.3 is 6.03 Å². The van der Waals surface area contributed by atoms with Crippen molar-refractivity contribution < 1.29 is 39.3 Å². The number of rotatable bonds is 4. The summed E-state index contributed by atoms with van der Waals surface area (Å²) in [5, 5.41) is 2.91. The van der Waals surface area contributed by atoms with E-state index in [4.69, 9.17) is 0 Å². The van der Waals surface area contributed by atoms with Crippen molar-refractivity contribution in [2.45, 2.75) is 0 Å². The van der Waals surface area contributed by atoms with Gasteiger partial charge in [-0.25, -0.2) is 26.7 Å². The summed E-state index contributed by atoms with van der Waals surface area (Å²) in [6.45, 7) is 0. The average molecular weight is 334 g/mol. The van der Waals surface area contributed by atoms with Crippen molar-refractivity contribution in [1.29, 1.82) is 0 Å². The number of hydrogen-bond acceptors (Lipinski definition) is 4. The number of benzene rings is 1. The predicted molar refractivity (Wildman–Crippen MR) is 59.2 cm³/mol. The van der Waals surface area contributed by atoms with E-state index in [1.165, 1.54) is 5.32 Å². The van der Waals surface area contributed by atoms with Gasteiger partial charge in [-0.1, -0.05) is 0 Å². The number of halogens is 5. The minimum absolute atomic E-state index is 0.791. The van der Waals surface area contributed by atoms with Crippen molar-refractivity contribution in [2.24, 2.45) is 0 Å². The number of anilines is 1. The Morgan fingerprint density at radius 1 is 1.00 bits per heavy atom. The highest BCUT2D eigenvalue weighted by Crippen LogP contribution is 2.26. The lowest BCUT2D eigenvalue weighted by Gasteiger charge is -2.10. The molecule has 0 aliphatic rings. The molecule has 0 saturated carbocycles. The van der Waals surface area contributed by atoms with Crippen LogP contribution in [0.15, 0.2) is 0 Å². The summed E-state index contributed by atoms with van der Waals surface area (Å²) in [6, 6.07) is -1.51. The maximum atomic E-state index is 13.2. The summed E-state index contributed by atoms with van der Waals surface area (Å²) in [6.07, 6.45) is 0. The first-order chi connectivity index (χ1) is 9.60. The van der Waals surface area contributed by atoms with Crippen molar-refractivity contribution in [1.82, 2.24) is 5.32 Å². The predicted octanol–water partition coefficient (Wildman–Crippen LogP) is 1.44. The minimum atomic E-state index is -4.12. The van der Waals surface area contributed by atoms with Gasteiger partial charge in [-0.3, -0.25) is 4.18 Å². The third kappa shape index (κ3) is 3.78. The number of nitrogens with one attached hydrogen (secondary N) is 2. The summed E-state index contributed by atoms with van der Waals surface area (Å²) in [5.41, 5.74) is -1.61. The van der Waals surface area contributed by atoms with Crippen LogP contribution in [-0.4, -0.2) is 27.4 Å². The zero-order chi connectivity index (χ0) is 16.4. The Balaban J connectivity index is 2.97. The Labute approximate surface area is 115 Å². The fraction of sp³-hybridized carbons (Fsp3) is 0.222. The molecule has 0 atom stereocenters. The molecule has 2 amide bonds. The topological polar surface area (TPSA) is 84.5 Å². The second-order valence-corrected chi connectivity index (χ2v) is 5.18. The molecule has 0 saturated heterocycles. The molecule has 2 N–H and O–H groups in total. The zero-order valence-electron chi connectivity index (χ0n) is 10.1. The highest BCUT2D eigenvalue weighted by molar-refractivity contribution is 7.86. The molecule has 0 aliphatic heterocycles. The molecular weight excluding hydrogens is 327 g/mol. The van der Waals surface area contributed by atoms with Gasteiger partial charge in [0.25, 0.3) is 10.1 Å². The summed E-state index contributed by atoms with van der Waals surface area (Å²) in [5.74, 6) is -12.5. The van der Waals surface area contributed by atoms with Crippen molar-refractivity contribution in [3.63, 3.8) is 0 Å². The van der Waals surface area contributed by atoms with Crippen LogP contribution in [0.2, 0.25) is 0 Å². The highest BCUT2D eigenvalue weighted by Gasteiger charge is 2.27. The van der Waals surface area contributed by atoms with Crippen LogP contribution < -0.4 is 10.6 Å². The molecule has 1 rings (SSSR count). The maximum absolute atomic E-state index is 13.2. The third-order valence-corrected chi connectivity index (χ3v) is 3.12. The Hall–Kier alpha value is -1.95. The van der Waals surface area contributed by atoms with Crippen LogP contribution in [0.1, 0.15) is 0 Å². The van der Waals surface area contributed by atoms with Gasteiger partial charge in [0.1, 0.15) is 11.6 Å². The molecule has 1 aromatic carbocycles. The Bertz CT molecular complexity index is 650. The van der Waals surface area contributed by atoms with Gasteiger partial charge < -0.3 is 10.6 Å². The first-order valence-corrected chi connectivity index (χ1v) is 6.53. The second-order valence-electron chi connectivity index (χ2n) is 3.44. The summed E-state index contributed by atoms with van der Waals surface area (Å²) in [7, 11) is -3.33. The lowest BCUT2D eigenvalue weighted by molar-refractivity contribution is 0.252. The van der Waals surface area contributed by atoms with E-state index >= 15 is 0 Å². The first kappa shape index (κ1) is 17.1. The Morgan fingerprint density at radius 3 is 1.86 bits per heavy atom. The van der Waals surface area contributed by atoms with E-state index in [1.807, 2.05) is 0 Å². The molecule has 0 bridgehead atoms. The van der Waals surface area contributed by atoms with Crippen molar-refractivity contribution in [3.05, 3.63) is 29.1 Å². The molecule has 12 heteroatoms. The van der Waals surface area contributed by atoms with Crippen LogP contribution in [0.3, 0.4) is 0 Å². The first-order valence-electron chi connectivity index (χ1n) is 4.95. The molecule has 0 heterocycles. The quantitative estimate of drug-likeness (QED) is 0.378. The maximum Gasteiger partial charge on any atom is 0.320 e. The van der Waals surface area contributed by atoms with E-state index in [1.54, 1.807) is 5.32 Å². The van der Waals surface area contributed by atoms with Crippen LogP contribution in [0.25, 0.3) is 0 Å². The third-order valence-electron chi connectivity index (χ3n) is 2.11. The number of urea groups is 1. The SMILES string of the molecule is COS(=O)(=O)CNC(=O)Nc1c(F)c(F)c(F)c(F)c1F. The molecule has 0 aliphatic carbocycles. The molecule has 118 valence electrons. The number of carbonyl (C=O) groups excluding carboxylic acids is 1. The lowest BCUT2D eigenvalue weighted by Crippen LogP contribution is -2.34. The second kappa shape index (κ2) is 6.22. The number of hydrogen-bond donors (Lipinski definition) is 2. The Morgan fingerprint density at radius 2 is 1.43 bits per heavy atom. The summed E-state index contributed by atoms with van der Waals surface area (Å²) >= 11 is 0. The molecule has 0 unspecified atom stereocenters. The molecule has 21 heavy (non-hydrogen) atoms. The van der Waals surface area contributed by atoms with E-state index < -0.39 is 56.8 Å². The standard InChI is InChI=1S/C9H7F5N2O4S/c1-20-21(18,19)2-15-9(17)16-8-6(13)4(11)3(10)5(12)7(8)14/h2H2,1H3,(H2,15,16,17). The van der Waals surface area contributed by atoms with Crippen LogP contribution >= 0.6 is 0 Å². The normalized spacial score (nSPS) is 11.3. The van der Waals surface area contributed by atoms with E-state index in [0.29, 0.717) is 0 Å².